The number of carbonyl (C=O) groups is 5. The minimum atomic E-state index is 0. The van der Waals surface area contributed by atoms with Crippen molar-refractivity contribution in [2.24, 2.45) is 11.7 Å². The first-order chi connectivity index (χ1) is 48.7. The largest absolute Gasteiger partial charge is 1.00 e. The third-order valence-corrected chi connectivity index (χ3v) is 18.0. The quantitative estimate of drug-likeness (QED) is 0.0201. The third-order valence-electron chi connectivity index (χ3n) is 15.0. The van der Waals surface area contributed by atoms with E-state index in [1.807, 2.05) is 71.9 Å². The minimum absolute atomic E-state index is 0. The van der Waals surface area contributed by atoms with Crippen LogP contribution in [-0.2, 0) is 37.2 Å². The first-order valence-electron chi connectivity index (χ1n) is 29.9. The number of hydrogen-bond donors (Lipinski definition) is 4. The van der Waals surface area contributed by atoms with Gasteiger partial charge in [0, 0.05) is 117 Å². The van der Waals surface area contributed by atoms with Gasteiger partial charge < -0.3 is 38.7 Å². The van der Waals surface area contributed by atoms with Gasteiger partial charge in [-0.05, 0) is 92.1 Å². The smallest absolute Gasteiger partial charge is 0.463 e. The van der Waals surface area contributed by atoms with Crippen molar-refractivity contribution in [1.29, 1.82) is 1.43 Å². The maximum absolute atomic E-state index is 12.7. The number of aryl methyl sites for hydroxylation is 3. The van der Waals surface area contributed by atoms with Gasteiger partial charge >= 0.3 is 109 Å². The average molecular weight is 1650 g/mol. The number of hydrazine groups is 1. The van der Waals surface area contributed by atoms with E-state index < -0.39 is 0 Å². The number of halogens is 10. The summed E-state index contributed by atoms with van der Waals surface area (Å²) in [5, 5.41) is 23.7. The van der Waals surface area contributed by atoms with Gasteiger partial charge in [0.25, 0.3) is 1.43 Å². The maximum atomic E-state index is 12.7. The number of aldehydes is 1. The molecule has 0 spiro atoms. The summed E-state index contributed by atoms with van der Waals surface area (Å²) in [5.74, 6) is 8.13. The molecule has 41 heteroatoms. The fourth-order valence-corrected chi connectivity index (χ4v) is 11.2. The van der Waals surface area contributed by atoms with E-state index in [2.05, 4.69) is 115 Å². The van der Waals surface area contributed by atoms with E-state index in [0.717, 1.165) is 107 Å². The normalized spacial score (nSPS) is 12.9. The van der Waals surface area contributed by atoms with Gasteiger partial charge in [-0.1, -0.05) is 100 Å². The van der Waals surface area contributed by atoms with E-state index in [1.54, 1.807) is 35.1 Å². The Morgan fingerprint density at radius 3 is 1.38 bits per heavy atom. The van der Waals surface area contributed by atoms with Crippen LogP contribution in [0.3, 0.4) is 0 Å². The molecule has 3 amide bonds. The molecule has 0 bridgehead atoms. The first-order valence-corrected chi connectivity index (χ1v) is 33.1. The van der Waals surface area contributed by atoms with E-state index in [9.17, 15) is 23.6 Å². The summed E-state index contributed by atoms with van der Waals surface area (Å²) in [4.78, 5) is 102. The van der Waals surface area contributed by atoms with Gasteiger partial charge in [0.2, 0.25) is 17.7 Å². The van der Waals surface area contributed by atoms with Crippen LogP contribution in [0.15, 0.2) is 98.5 Å². The number of hydrogen-bond acceptors (Lipinski definition) is 23. The number of nitrogens with two attached hydrogens (primary N) is 2. The van der Waals surface area contributed by atoms with Crippen molar-refractivity contribution in [3.8, 4) is 0 Å². The van der Waals surface area contributed by atoms with Gasteiger partial charge in [-0.25, -0.2) is 49.8 Å². The Labute approximate surface area is 723 Å². The molecule has 540 valence electrons. The second-order valence-electron chi connectivity index (χ2n) is 20.9. The topological polar surface area (TPSA) is 354 Å². The molecule has 3 aliphatic rings. The summed E-state index contributed by atoms with van der Waals surface area (Å²) >= 11 is 52.5. The Balaban J connectivity index is 0.000000340. The molecule has 3 aliphatic heterocycles. The molecule has 13 rings (SSSR count). The van der Waals surface area contributed by atoms with Crippen molar-refractivity contribution in [2.75, 3.05) is 99.1 Å². The summed E-state index contributed by atoms with van der Waals surface area (Å²) in [6.45, 7) is 15.2. The molecule has 0 radical (unpaired) electrons. The number of rotatable bonds is 11. The van der Waals surface area contributed by atoms with Crippen molar-refractivity contribution >= 4 is 185 Å². The Hall–Kier alpha value is -4.97. The number of amides is 3. The number of H-pyrrole nitrogens is 1. The number of piperazine rings is 3. The fourth-order valence-electron chi connectivity index (χ4n) is 9.77. The second-order valence-corrected chi connectivity index (χ2v) is 24.2. The Kier molecular flexibility index (Phi) is 41.8. The zero-order chi connectivity index (χ0) is 73.7. The van der Waals surface area contributed by atoms with Crippen LogP contribution >= 0.6 is 104 Å². The molecule has 29 nitrogen and oxygen atoms in total. The van der Waals surface area contributed by atoms with E-state index in [1.165, 1.54) is 25.3 Å². The number of aromatic nitrogens is 14. The van der Waals surface area contributed by atoms with Crippen molar-refractivity contribution in [2.45, 2.75) is 41.3 Å². The van der Waals surface area contributed by atoms with Crippen LogP contribution in [0, 0.1) is 27.9 Å². The molecule has 10 aromatic rings. The van der Waals surface area contributed by atoms with E-state index in [0.29, 0.717) is 75.6 Å². The Morgan fingerprint density at radius 1 is 0.573 bits per heavy atom. The minimum Gasteiger partial charge on any atom is -0.463 e. The zero-order valence-electron chi connectivity index (χ0n) is 56.5. The molecule has 3 saturated heterocycles. The standard InChI is InChI=1S/2C18H18Cl2N6O.C13H16Cl2N2O.C5H2Cl2N2O.C5H3ClN4.CH2F.CH2O3.CH4.2K.H4N2/c1-12-8-13(2-3-15(12)19)24-4-6-25(7-5-24)16(27)10-26-9-14-17(20)21-11-22-18(14)23-26;1-12-8-13(2-3-15(12)19)24-4-6-25(7-5-24)16(27)10-26-18-14(9-23-26)17(20)21-11-22-18;1-10-8-11(2-3-12(10)15)16-4-6-17(7-5-16)13(18)9-14;6-4-3(1-10)5(7)9-2-8-4;6-4-3-1-9-10-5(3)8-2-7-4;1-2;2-1-4-3;;;;1-2/h2*2-3,8-9,11H,4-7,10H2,1H3;2-3,8H,4-7,9H2,1H3;1-2H;1-2H,(H,7,8,9,10);1H2;1,3H;1H4;;;1-2H2/q;;;;;-1;;;2*+1;/i/hD. The molecular formula is C62H69Cl9FK2N22O7+. The van der Waals surface area contributed by atoms with Gasteiger partial charge in [0.15, 0.2) is 23.2 Å². The number of carbonyl (C=O) groups excluding carboxylic acids is 5. The van der Waals surface area contributed by atoms with Crippen molar-refractivity contribution in [3.05, 3.63) is 169 Å². The Bertz CT molecular complexity index is 4340. The summed E-state index contributed by atoms with van der Waals surface area (Å²) in [6.07, 6.45) is 10.7. The van der Waals surface area contributed by atoms with Crippen LogP contribution in [0.4, 0.5) is 21.5 Å². The molecule has 6 N–H and O–H groups in total. The zero-order valence-corrected chi connectivity index (χ0v) is 68.5. The van der Waals surface area contributed by atoms with Crippen LogP contribution in [0.5, 0.6) is 0 Å². The van der Waals surface area contributed by atoms with Crippen LogP contribution < -0.4 is 129 Å². The number of nitrogens with one attached hydrogen (secondary N) is 1. The molecule has 0 atom stereocenters. The Morgan fingerprint density at radius 2 is 0.981 bits per heavy atom. The molecule has 0 aliphatic carbocycles. The van der Waals surface area contributed by atoms with Gasteiger partial charge in [-0.15, -0.1) is 11.6 Å². The van der Waals surface area contributed by atoms with E-state index in [-0.39, 0.29) is 169 Å². The molecule has 10 heterocycles. The second kappa shape index (κ2) is 47.7. The van der Waals surface area contributed by atoms with Gasteiger partial charge in [0.1, 0.15) is 70.0 Å². The van der Waals surface area contributed by atoms with Crippen LogP contribution in [-0.4, -0.2) is 204 Å². The molecule has 3 aromatic carbocycles. The van der Waals surface area contributed by atoms with Crippen LogP contribution in [0.1, 0.15) is 34.5 Å². The number of anilines is 3. The number of nitrogens with zero attached hydrogens (tertiary/aromatic N) is 19. The van der Waals surface area contributed by atoms with Crippen molar-refractivity contribution < 1.29 is 141 Å². The van der Waals surface area contributed by atoms with Crippen molar-refractivity contribution in [1.82, 2.24) is 84.3 Å². The molecular weight excluding hydrogens is 1580 g/mol. The van der Waals surface area contributed by atoms with Gasteiger partial charge in [-0.2, -0.15) is 22.5 Å². The van der Waals surface area contributed by atoms with E-state index in [4.69, 9.17) is 111 Å². The number of fused-ring (bicyclic) bond motifs is 3. The van der Waals surface area contributed by atoms with Gasteiger partial charge in [-0.3, -0.25) is 45.4 Å². The molecule has 0 saturated carbocycles. The fraction of sp³-hybridized carbons (Fsp3) is 0.306. The predicted molar refractivity (Wildman–Crippen MR) is 392 cm³/mol. The summed E-state index contributed by atoms with van der Waals surface area (Å²) < 4.78 is 18.0. The third kappa shape index (κ3) is 27.0. The number of aromatic amines is 1. The van der Waals surface area contributed by atoms with Crippen LogP contribution in [0.2, 0.25) is 40.8 Å². The monoisotopic (exact) mass is 1650 g/mol. The van der Waals surface area contributed by atoms with Crippen LogP contribution in [0.25, 0.3) is 34.5 Å². The number of benzene rings is 3. The first kappa shape index (κ1) is 90.4. The number of alkyl halides is 1. The average Bonchev–Trinajstić information content (AvgIpc) is 1.51. The van der Waals surface area contributed by atoms with Crippen molar-refractivity contribution in [3.63, 3.8) is 0 Å². The SMILES string of the molecule is C.Cc1cc(N2CCN(C(=O)CCl)CC2)ccc1Cl.Cc1cc(N2CCN(C(=O)Cn3cc4c(Cl)ncnc4n3)CC2)ccc1Cl.Cc1cc(N2CCN(C(=O)Cn3ncc4c(Cl)ncnc43)CC2)ccc1Cl.Clc1ncnc2[nH]ncc12.NN.O=Cc1c(Cl)ncnc1Cl.[2H]OOC=O.[CH2-]F.[K+].[K+]. The summed E-state index contributed by atoms with van der Waals surface area (Å²) in [5.41, 5.74) is 8.47. The summed E-state index contributed by atoms with van der Waals surface area (Å²) in [6, 6.07) is 18.1. The molecule has 3 fully saturated rings. The maximum Gasteiger partial charge on any atom is 1.00 e. The molecule has 7 aromatic heterocycles. The van der Waals surface area contributed by atoms with Gasteiger partial charge in [0.05, 0.1) is 34.1 Å². The van der Waals surface area contributed by atoms with E-state index >= 15 is 0 Å². The predicted octanol–water partition coefficient (Wildman–Crippen LogP) is 4.56. The molecule has 0 unspecified atom stereocenters. The summed E-state index contributed by atoms with van der Waals surface area (Å²) in [7, 11) is 1.75. The molecule has 103 heavy (non-hydrogen) atoms.